The van der Waals surface area contributed by atoms with E-state index in [0.717, 1.165) is 0 Å². The molecule has 0 aromatic heterocycles. The Bertz CT molecular complexity index is 285. The molecule has 0 radical (unpaired) electrons. The number of aliphatic hydroxyl groups excluding tert-OH is 1. The Morgan fingerprint density at radius 1 is 1.29 bits per heavy atom. The second kappa shape index (κ2) is 3.47. The van der Waals surface area contributed by atoms with E-state index in [1.54, 1.807) is 13.8 Å². The van der Waals surface area contributed by atoms with Crippen molar-refractivity contribution in [2.24, 2.45) is 5.41 Å². The molecule has 0 bridgehead atoms. The molecule has 0 saturated carbocycles. The quantitative estimate of drug-likeness (QED) is 0.686. The Balaban J connectivity index is 2.87. The predicted octanol–water partition coefficient (Wildman–Crippen LogP) is -0.0554. The molecule has 4 nitrogen and oxygen atoms in total. The first-order valence-corrected chi connectivity index (χ1v) is 6.58. The van der Waals surface area contributed by atoms with Gasteiger partial charge >= 0.3 is 0 Å². The van der Waals surface area contributed by atoms with E-state index in [-0.39, 0.29) is 18.1 Å². The zero-order chi connectivity index (χ0) is 11.0. The molecule has 0 unspecified atom stereocenters. The highest BCUT2D eigenvalue weighted by Crippen LogP contribution is 2.41. The van der Waals surface area contributed by atoms with Crippen molar-refractivity contribution in [2.75, 3.05) is 18.1 Å². The Hall–Kier alpha value is -0.130. The summed E-state index contributed by atoms with van der Waals surface area (Å²) in [4.78, 5) is 0. The smallest absolute Gasteiger partial charge is 0.150 e. The fourth-order valence-electron chi connectivity index (χ4n) is 1.89. The van der Waals surface area contributed by atoms with E-state index in [4.69, 9.17) is 0 Å². The minimum absolute atomic E-state index is 0.0670. The number of hydrogen-bond acceptors (Lipinski definition) is 4. The molecule has 0 atom stereocenters. The van der Waals surface area contributed by atoms with Gasteiger partial charge < -0.3 is 10.2 Å². The summed E-state index contributed by atoms with van der Waals surface area (Å²) in [6.07, 6.45) is 0.685. The van der Waals surface area contributed by atoms with Crippen LogP contribution in [0.2, 0.25) is 0 Å². The highest BCUT2D eigenvalue weighted by molar-refractivity contribution is 7.91. The van der Waals surface area contributed by atoms with Crippen molar-refractivity contribution in [1.82, 2.24) is 0 Å². The predicted molar refractivity (Wildman–Crippen MR) is 53.7 cm³/mol. The van der Waals surface area contributed by atoms with Crippen LogP contribution in [0.15, 0.2) is 0 Å². The third kappa shape index (κ3) is 2.10. The van der Waals surface area contributed by atoms with E-state index in [2.05, 4.69) is 0 Å². The molecular formula is C9H18O4S. The van der Waals surface area contributed by atoms with E-state index in [1.807, 2.05) is 0 Å². The first kappa shape index (κ1) is 11.9. The lowest BCUT2D eigenvalue weighted by atomic mass is 9.70. The summed E-state index contributed by atoms with van der Waals surface area (Å²) in [6, 6.07) is 0. The average Bonchev–Trinajstić information content (AvgIpc) is 2.03. The standard InChI is InChI=1S/C9H18O4S/c1-8(2,11)9(7-10)3-5-14(12,13)6-4-9/h10-11H,3-7H2,1-2H3. The van der Waals surface area contributed by atoms with Crippen LogP contribution < -0.4 is 0 Å². The number of rotatable bonds is 2. The lowest BCUT2D eigenvalue weighted by molar-refractivity contribution is -0.0897. The van der Waals surface area contributed by atoms with Crippen molar-refractivity contribution >= 4 is 9.84 Å². The maximum Gasteiger partial charge on any atom is 0.150 e. The molecule has 1 heterocycles. The van der Waals surface area contributed by atoms with Gasteiger partial charge in [0.25, 0.3) is 0 Å². The summed E-state index contributed by atoms with van der Waals surface area (Å²) < 4.78 is 22.4. The molecule has 1 aliphatic heterocycles. The normalized spacial score (nSPS) is 26.0. The maximum atomic E-state index is 11.2. The van der Waals surface area contributed by atoms with Gasteiger partial charge in [-0.2, -0.15) is 0 Å². The Morgan fingerprint density at radius 2 is 1.71 bits per heavy atom. The van der Waals surface area contributed by atoms with Gasteiger partial charge in [-0.05, 0) is 26.7 Å². The van der Waals surface area contributed by atoms with Crippen molar-refractivity contribution in [2.45, 2.75) is 32.3 Å². The van der Waals surface area contributed by atoms with Crippen molar-refractivity contribution < 1.29 is 18.6 Å². The minimum atomic E-state index is -2.95. The summed E-state index contributed by atoms with van der Waals surface area (Å²) in [7, 11) is -2.95. The van der Waals surface area contributed by atoms with Crippen LogP contribution in [0.1, 0.15) is 26.7 Å². The minimum Gasteiger partial charge on any atom is -0.396 e. The summed E-state index contributed by atoms with van der Waals surface area (Å²) in [5, 5.41) is 19.2. The first-order valence-electron chi connectivity index (χ1n) is 4.76. The van der Waals surface area contributed by atoms with Crippen molar-refractivity contribution in [3.8, 4) is 0 Å². The Morgan fingerprint density at radius 3 is 2.00 bits per heavy atom. The highest BCUT2D eigenvalue weighted by Gasteiger charge is 2.46. The molecule has 1 aliphatic rings. The van der Waals surface area contributed by atoms with Crippen LogP contribution in [0.5, 0.6) is 0 Å². The molecule has 2 N–H and O–H groups in total. The van der Waals surface area contributed by atoms with E-state index < -0.39 is 20.9 Å². The van der Waals surface area contributed by atoms with Crippen LogP contribution in [0.4, 0.5) is 0 Å². The monoisotopic (exact) mass is 222 g/mol. The van der Waals surface area contributed by atoms with Crippen molar-refractivity contribution in [1.29, 1.82) is 0 Å². The molecule has 0 aromatic rings. The van der Waals surface area contributed by atoms with Gasteiger partial charge in [-0.15, -0.1) is 0 Å². The molecule has 1 saturated heterocycles. The zero-order valence-corrected chi connectivity index (χ0v) is 9.47. The lowest BCUT2D eigenvalue weighted by Gasteiger charge is -2.44. The summed E-state index contributed by atoms with van der Waals surface area (Å²) in [6.45, 7) is 3.09. The van der Waals surface area contributed by atoms with Gasteiger partial charge in [-0.25, -0.2) is 8.42 Å². The van der Waals surface area contributed by atoms with Gasteiger partial charge in [0.15, 0.2) is 0 Å². The topological polar surface area (TPSA) is 74.6 Å². The maximum absolute atomic E-state index is 11.2. The van der Waals surface area contributed by atoms with E-state index >= 15 is 0 Å². The molecule has 0 aromatic carbocycles. The second-order valence-corrected chi connectivity index (χ2v) is 6.95. The number of hydrogen-bond donors (Lipinski definition) is 2. The van der Waals surface area contributed by atoms with Crippen LogP contribution in [-0.2, 0) is 9.84 Å². The zero-order valence-electron chi connectivity index (χ0n) is 8.65. The van der Waals surface area contributed by atoms with Crippen molar-refractivity contribution in [3.05, 3.63) is 0 Å². The van der Waals surface area contributed by atoms with Gasteiger partial charge in [-0.1, -0.05) is 0 Å². The van der Waals surface area contributed by atoms with Crippen LogP contribution in [0, 0.1) is 5.41 Å². The number of aliphatic hydroxyl groups is 2. The fraction of sp³-hybridized carbons (Fsp3) is 1.00. The van der Waals surface area contributed by atoms with Crippen molar-refractivity contribution in [3.63, 3.8) is 0 Å². The molecule has 14 heavy (non-hydrogen) atoms. The SMILES string of the molecule is CC(C)(O)C1(CO)CCS(=O)(=O)CC1. The number of sulfone groups is 1. The third-order valence-electron chi connectivity index (χ3n) is 3.38. The van der Waals surface area contributed by atoms with Gasteiger partial charge in [0.1, 0.15) is 9.84 Å². The summed E-state index contributed by atoms with van der Waals surface area (Å²) in [5.74, 6) is 0.134. The molecule has 1 rings (SSSR count). The summed E-state index contributed by atoms with van der Waals surface area (Å²) >= 11 is 0. The largest absolute Gasteiger partial charge is 0.396 e. The average molecular weight is 222 g/mol. The Kier molecular flexibility index (Phi) is 2.96. The van der Waals surface area contributed by atoms with Gasteiger partial charge in [-0.3, -0.25) is 0 Å². The van der Waals surface area contributed by atoms with Crippen LogP contribution in [-0.4, -0.2) is 42.3 Å². The molecule has 84 valence electrons. The van der Waals surface area contributed by atoms with Crippen LogP contribution >= 0.6 is 0 Å². The molecule has 0 spiro atoms. The van der Waals surface area contributed by atoms with Gasteiger partial charge in [0.05, 0.1) is 23.7 Å². The molecule has 0 aliphatic carbocycles. The third-order valence-corrected chi connectivity index (χ3v) is 5.04. The lowest BCUT2D eigenvalue weighted by Crippen LogP contribution is -2.51. The highest BCUT2D eigenvalue weighted by atomic mass is 32.2. The van der Waals surface area contributed by atoms with Crippen LogP contribution in [0.25, 0.3) is 0 Å². The van der Waals surface area contributed by atoms with Crippen LogP contribution in [0.3, 0.4) is 0 Å². The molecule has 0 amide bonds. The van der Waals surface area contributed by atoms with E-state index in [0.29, 0.717) is 12.8 Å². The van der Waals surface area contributed by atoms with E-state index in [9.17, 15) is 18.6 Å². The first-order chi connectivity index (χ1) is 6.22. The molecule has 1 fully saturated rings. The summed E-state index contributed by atoms with van der Waals surface area (Å²) in [5.41, 5.74) is -1.68. The Labute approximate surface area is 84.9 Å². The van der Waals surface area contributed by atoms with Gasteiger partial charge in [0, 0.05) is 5.41 Å². The molecular weight excluding hydrogens is 204 g/mol. The second-order valence-electron chi connectivity index (χ2n) is 4.65. The van der Waals surface area contributed by atoms with E-state index in [1.165, 1.54) is 0 Å². The fourth-order valence-corrected chi connectivity index (χ4v) is 3.50. The molecule has 5 heteroatoms. The van der Waals surface area contributed by atoms with Gasteiger partial charge in [0.2, 0.25) is 0 Å².